The standard InChI is InChI=1S/C17H14BrNS/c18-15-7-12(11-19)8-17(10-15)20-16-6-5-13-3-1-2-4-14(13)9-16/h1-10H,11,19H2. The molecule has 0 aromatic heterocycles. The Kier molecular flexibility index (Phi) is 4.10. The molecular weight excluding hydrogens is 330 g/mol. The van der Waals surface area contributed by atoms with Crippen molar-refractivity contribution >= 4 is 38.5 Å². The van der Waals surface area contributed by atoms with Gasteiger partial charge in [0.15, 0.2) is 0 Å². The minimum absolute atomic E-state index is 0.560. The molecule has 0 aliphatic rings. The van der Waals surface area contributed by atoms with Gasteiger partial charge in [-0.05, 0) is 46.7 Å². The fraction of sp³-hybridized carbons (Fsp3) is 0.0588. The topological polar surface area (TPSA) is 26.0 Å². The van der Waals surface area contributed by atoms with E-state index in [1.165, 1.54) is 20.6 Å². The molecule has 100 valence electrons. The lowest BCUT2D eigenvalue weighted by atomic mass is 10.1. The van der Waals surface area contributed by atoms with Crippen molar-refractivity contribution in [2.24, 2.45) is 5.73 Å². The van der Waals surface area contributed by atoms with Crippen LogP contribution in [0.25, 0.3) is 10.8 Å². The molecular formula is C17H14BrNS. The molecule has 20 heavy (non-hydrogen) atoms. The summed E-state index contributed by atoms with van der Waals surface area (Å²) in [7, 11) is 0. The fourth-order valence-electron chi connectivity index (χ4n) is 2.16. The predicted molar refractivity (Wildman–Crippen MR) is 90.1 cm³/mol. The Bertz CT molecular complexity index is 755. The smallest absolute Gasteiger partial charge is 0.0189 e. The second kappa shape index (κ2) is 6.00. The van der Waals surface area contributed by atoms with Crippen molar-refractivity contribution in [3.05, 3.63) is 70.7 Å². The molecule has 0 amide bonds. The van der Waals surface area contributed by atoms with Gasteiger partial charge in [-0.2, -0.15) is 0 Å². The first-order valence-electron chi connectivity index (χ1n) is 6.41. The lowest BCUT2D eigenvalue weighted by Crippen LogP contribution is -1.96. The Hall–Kier alpha value is -1.29. The quantitative estimate of drug-likeness (QED) is 0.706. The fourth-order valence-corrected chi connectivity index (χ4v) is 3.85. The van der Waals surface area contributed by atoms with Gasteiger partial charge in [0, 0.05) is 20.8 Å². The highest BCUT2D eigenvalue weighted by atomic mass is 79.9. The molecule has 0 radical (unpaired) electrons. The van der Waals surface area contributed by atoms with Crippen LogP contribution in [0.4, 0.5) is 0 Å². The van der Waals surface area contributed by atoms with Gasteiger partial charge in [0.1, 0.15) is 0 Å². The van der Waals surface area contributed by atoms with E-state index in [9.17, 15) is 0 Å². The summed E-state index contributed by atoms with van der Waals surface area (Å²) in [4.78, 5) is 2.44. The highest BCUT2D eigenvalue weighted by molar-refractivity contribution is 9.10. The molecule has 3 aromatic rings. The molecule has 3 rings (SSSR count). The molecule has 0 fully saturated rings. The van der Waals surface area contributed by atoms with Crippen LogP contribution in [0.3, 0.4) is 0 Å². The first-order chi connectivity index (χ1) is 9.74. The molecule has 1 nitrogen and oxygen atoms in total. The maximum atomic E-state index is 5.73. The molecule has 0 heterocycles. The Morgan fingerprint density at radius 1 is 0.850 bits per heavy atom. The molecule has 2 N–H and O–H groups in total. The number of hydrogen-bond acceptors (Lipinski definition) is 2. The van der Waals surface area contributed by atoms with Crippen molar-refractivity contribution in [2.45, 2.75) is 16.3 Å². The molecule has 0 aliphatic heterocycles. The maximum absolute atomic E-state index is 5.73. The van der Waals surface area contributed by atoms with Crippen LogP contribution < -0.4 is 5.73 Å². The molecule has 0 aliphatic carbocycles. The van der Waals surface area contributed by atoms with Gasteiger partial charge in [0.25, 0.3) is 0 Å². The summed E-state index contributed by atoms with van der Waals surface area (Å²) in [5.41, 5.74) is 6.87. The Labute approximate surface area is 131 Å². The monoisotopic (exact) mass is 343 g/mol. The average Bonchev–Trinajstić information content (AvgIpc) is 2.46. The summed E-state index contributed by atoms with van der Waals surface area (Å²) in [6.07, 6.45) is 0. The maximum Gasteiger partial charge on any atom is 0.0189 e. The van der Waals surface area contributed by atoms with Crippen LogP contribution in [0, 0.1) is 0 Å². The summed E-state index contributed by atoms with van der Waals surface area (Å²) in [6.45, 7) is 0.560. The third-order valence-corrected chi connectivity index (χ3v) is 4.54. The van der Waals surface area contributed by atoms with Gasteiger partial charge < -0.3 is 5.73 Å². The second-order valence-corrected chi connectivity index (χ2v) is 6.67. The predicted octanol–water partition coefficient (Wildman–Crippen LogP) is 5.21. The van der Waals surface area contributed by atoms with Crippen molar-refractivity contribution in [3.8, 4) is 0 Å². The van der Waals surface area contributed by atoms with Gasteiger partial charge in [-0.3, -0.25) is 0 Å². The van der Waals surface area contributed by atoms with E-state index in [0.717, 1.165) is 10.0 Å². The molecule has 0 atom stereocenters. The van der Waals surface area contributed by atoms with E-state index in [0.29, 0.717) is 6.54 Å². The number of benzene rings is 3. The van der Waals surface area contributed by atoms with E-state index in [2.05, 4.69) is 76.6 Å². The average molecular weight is 344 g/mol. The van der Waals surface area contributed by atoms with Crippen LogP contribution >= 0.6 is 27.7 Å². The summed E-state index contributed by atoms with van der Waals surface area (Å²) in [5.74, 6) is 0. The number of hydrogen-bond donors (Lipinski definition) is 1. The van der Waals surface area contributed by atoms with E-state index < -0.39 is 0 Å². The molecule has 0 bridgehead atoms. The largest absolute Gasteiger partial charge is 0.326 e. The molecule has 3 heteroatoms. The molecule has 3 aromatic carbocycles. The number of halogens is 1. The van der Waals surface area contributed by atoms with Crippen LogP contribution in [0.15, 0.2) is 74.9 Å². The molecule has 0 saturated carbocycles. The third-order valence-electron chi connectivity index (χ3n) is 3.12. The van der Waals surface area contributed by atoms with Crippen LogP contribution in [0.1, 0.15) is 5.56 Å². The Balaban J connectivity index is 1.94. The van der Waals surface area contributed by atoms with Gasteiger partial charge in [-0.1, -0.05) is 58.0 Å². The highest BCUT2D eigenvalue weighted by Crippen LogP contribution is 2.32. The lowest BCUT2D eigenvalue weighted by Gasteiger charge is -2.06. The zero-order chi connectivity index (χ0) is 13.9. The van der Waals surface area contributed by atoms with Crippen LogP contribution in [-0.4, -0.2) is 0 Å². The van der Waals surface area contributed by atoms with Gasteiger partial charge in [0.05, 0.1) is 0 Å². The van der Waals surface area contributed by atoms with E-state index in [1.54, 1.807) is 11.8 Å². The summed E-state index contributed by atoms with van der Waals surface area (Å²) in [6, 6.07) is 21.3. The second-order valence-electron chi connectivity index (χ2n) is 4.61. The van der Waals surface area contributed by atoms with Gasteiger partial charge >= 0.3 is 0 Å². The van der Waals surface area contributed by atoms with E-state index >= 15 is 0 Å². The molecule has 0 spiro atoms. The minimum Gasteiger partial charge on any atom is -0.326 e. The first kappa shape index (κ1) is 13.7. The van der Waals surface area contributed by atoms with Crippen LogP contribution in [-0.2, 0) is 6.54 Å². The molecule has 0 unspecified atom stereocenters. The van der Waals surface area contributed by atoms with Crippen molar-refractivity contribution in [1.29, 1.82) is 0 Å². The van der Waals surface area contributed by atoms with Crippen molar-refractivity contribution in [1.82, 2.24) is 0 Å². The van der Waals surface area contributed by atoms with Crippen molar-refractivity contribution in [2.75, 3.05) is 0 Å². The van der Waals surface area contributed by atoms with E-state index in [-0.39, 0.29) is 0 Å². The van der Waals surface area contributed by atoms with Gasteiger partial charge in [-0.25, -0.2) is 0 Å². The van der Waals surface area contributed by atoms with E-state index in [4.69, 9.17) is 5.73 Å². The number of nitrogens with two attached hydrogens (primary N) is 1. The van der Waals surface area contributed by atoms with Gasteiger partial charge in [0.2, 0.25) is 0 Å². The zero-order valence-corrected chi connectivity index (χ0v) is 13.2. The number of rotatable bonds is 3. The van der Waals surface area contributed by atoms with Crippen molar-refractivity contribution in [3.63, 3.8) is 0 Å². The normalized spacial score (nSPS) is 10.9. The summed E-state index contributed by atoms with van der Waals surface area (Å²) in [5, 5.41) is 2.54. The van der Waals surface area contributed by atoms with Crippen molar-refractivity contribution < 1.29 is 0 Å². The minimum atomic E-state index is 0.560. The van der Waals surface area contributed by atoms with Crippen LogP contribution in [0.2, 0.25) is 0 Å². The zero-order valence-electron chi connectivity index (χ0n) is 10.8. The Morgan fingerprint density at radius 2 is 1.65 bits per heavy atom. The molecule has 0 saturated heterocycles. The lowest BCUT2D eigenvalue weighted by molar-refractivity contribution is 1.06. The summed E-state index contributed by atoms with van der Waals surface area (Å²) >= 11 is 5.30. The SMILES string of the molecule is NCc1cc(Br)cc(Sc2ccc3ccccc3c2)c1. The Morgan fingerprint density at radius 3 is 2.45 bits per heavy atom. The highest BCUT2D eigenvalue weighted by Gasteiger charge is 2.02. The summed E-state index contributed by atoms with van der Waals surface area (Å²) < 4.78 is 1.07. The van der Waals surface area contributed by atoms with Gasteiger partial charge in [-0.15, -0.1) is 0 Å². The van der Waals surface area contributed by atoms with E-state index in [1.807, 2.05) is 0 Å². The third kappa shape index (κ3) is 3.06. The van der Waals surface area contributed by atoms with Crippen LogP contribution in [0.5, 0.6) is 0 Å². The first-order valence-corrected chi connectivity index (χ1v) is 8.02. The number of fused-ring (bicyclic) bond motifs is 1.